The van der Waals surface area contributed by atoms with Crippen LogP contribution >= 0.6 is 0 Å². The molecule has 0 amide bonds. The first-order chi connectivity index (χ1) is 6.43. The Morgan fingerprint density at radius 2 is 1.46 bits per heavy atom. The predicted molar refractivity (Wildman–Crippen MR) is 58.7 cm³/mol. The fraction of sp³-hybridized carbons (Fsp3) is 0.917. The van der Waals surface area contributed by atoms with Crippen LogP contribution in [0.15, 0.2) is 0 Å². The van der Waals surface area contributed by atoms with E-state index in [1.807, 2.05) is 0 Å². The molecule has 0 aromatic carbocycles. The largest absolute Gasteiger partial charge is 0.303 e. The summed E-state index contributed by atoms with van der Waals surface area (Å²) in [7, 11) is 0. The van der Waals surface area contributed by atoms with Crippen LogP contribution in [0.5, 0.6) is 0 Å². The van der Waals surface area contributed by atoms with Crippen molar-refractivity contribution in [3.63, 3.8) is 0 Å². The Hall–Kier alpha value is -0.0400. The summed E-state index contributed by atoms with van der Waals surface area (Å²) in [5.41, 5.74) is 0. The van der Waals surface area contributed by atoms with Gasteiger partial charge in [-0.25, -0.2) is 0 Å². The summed E-state index contributed by atoms with van der Waals surface area (Å²) >= 11 is 0. The monoisotopic (exact) mass is 182 g/mol. The molecule has 0 N–H and O–H groups in total. The van der Waals surface area contributed by atoms with E-state index in [2.05, 4.69) is 11.8 Å². The van der Waals surface area contributed by atoms with E-state index >= 15 is 0 Å². The average Bonchev–Trinajstić information content (AvgIpc) is 2.63. The summed E-state index contributed by atoms with van der Waals surface area (Å²) in [6.07, 6.45) is 11.0. The second-order valence-corrected chi connectivity index (χ2v) is 4.17. The average molecular weight is 182 g/mol. The highest BCUT2D eigenvalue weighted by Gasteiger charge is 2.09. The lowest BCUT2D eigenvalue weighted by atomic mass is 10.1. The van der Waals surface area contributed by atoms with Gasteiger partial charge < -0.3 is 4.90 Å². The molecule has 1 saturated heterocycles. The molecule has 0 aliphatic carbocycles. The molecule has 0 aromatic heterocycles. The second kappa shape index (κ2) is 7.37. The molecule has 1 aliphatic heterocycles. The van der Waals surface area contributed by atoms with Crippen molar-refractivity contribution in [3.8, 4) is 0 Å². The normalized spacial score (nSPS) is 18.2. The van der Waals surface area contributed by atoms with E-state index < -0.39 is 0 Å². The van der Waals surface area contributed by atoms with E-state index in [4.69, 9.17) is 0 Å². The van der Waals surface area contributed by atoms with Gasteiger partial charge in [-0.1, -0.05) is 39.0 Å². The highest BCUT2D eigenvalue weighted by molar-refractivity contribution is 4.65. The van der Waals surface area contributed by atoms with Crippen LogP contribution in [0.3, 0.4) is 0 Å². The quantitative estimate of drug-likeness (QED) is 0.546. The Morgan fingerprint density at radius 3 is 2.15 bits per heavy atom. The van der Waals surface area contributed by atoms with Gasteiger partial charge in [-0.3, -0.25) is 0 Å². The number of hydrogen-bond acceptors (Lipinski definition) is 1. The number of likely N-dealkylation sites (tertiary alicyclic amines) is 1. The lowest BCUT2D eigenvalue weighted by molar-refractivity contribution is 0.328. The Bertz CT molecular complexity index is 106. The maximum Gasteiger partial charge on any atom is -0.00183 e. The molecule has 0 atom stereocenters. The van der Waals surface area contributed by atoms with Crippen LogP contribution in [0.1, 0.15) is 51.4 Å². The molecule has 77 valence electrons. The molecule has 0 spiro atoms. The van der Waals surface area contributed by atoms with Gasteiger partial charge in [-0.05, 0) is 38.9 Å². The standard InChI is InChI=1S/C12H24N/c1-2-3-4-5-6-7-10-13-11-8-9-12-13/h1-12H2. The van der Waals surface area contributed by atoms with Crippen LogP contribution in [0.4, 0.5) is 0 Å². The van der Waals surface area contributed by atoms with Crippen molar-refractivity contribution >= 4 is 0 Å². The van der Waals surface area contributed by atoms with Crippen molar-refractivity contribution in [1.29, 1.82) is 0 Å². The Morgan fingerprint density at radius 1 is 0.846 bits per heavy atom. The number of unbranched alkanes of at least 4 members (excludes halogenated alkanes) is 5. The van der Waals surface area contributed by atoms with Crippen LogP contribution in [-0.2, 0) is 0 Å². The molecule has 0 unspecified atom stereocenters. The van der Waals surface area contributed by atoms with Crippen LogP contribution in [-0.4, -0.2) is 24.5 Å². The van der Waals surface area contributed by atoms with Gasteiger partial charge in [0.15, 0.2) is 0 Å². The van der Waals surface area contributed by atoms with Gasteiger partial charge >= 0.3 is 0 Å². The zero-order valence-electron chi connectivity index (χ0n) is 8.93. The predicted octanol–water partition coefficient (Wildman–Crippen LogP) is 3.26. The maximum absolute atomic E-state index is 3.86. The van der Waals surface area contributed by atoms with Gasteiger partial charge in [-0.2, -0.15) is 0 Å². The van der Waals surface area contributed by atoms with Crippen molar-refractivity contribution in [2.75, 3.05) is 19.6 Å². The Labute approximate surface area is 83.5 Å². The zero-order chi connectivity index (χ0) is 9.36. The molecule has 0 aromatic rings. The number of rotatable bonds is 7. The molecular weight excluding hydrogens is 158 g/mol. The molecular formula is C12H24N. The highest BCUT2D eigenvalue weighted by atomic mass is 15.1. The molecule has 1 rings (SSSR count). The van der Waals surface area contributed by atoms with Crippen LogP contribution < -0.4 is 0 Å². The zero-order valence-corrected chi connectivity index (χ0v) is 8.93. The summed E-state index contributed by atoms with van der Waals surface area (Å²) in [6, 6.07) is 0. The van der Waals surface area contributed by atoms with E-state index in [1.54, 1.807) is 0 Å². The summed E-state index contributed by atoms with van der Waals surface area (Å²) in [5.74, 6) is 0. The maximum atomic E-state index is 3.86. The molecule has 1 nitrogen and oxygen atoms in total. The van der Waals surface area contributed by atoms with Gasteiger partial charge in [-0.15, -0.1) is 0 Å². The summed E-state index contributed by atoms with van der Waals surface area (Å²) < 4.78 is 0. The van der Waals surface area contributed by atoms with Crippen LogP contribution in [0.25, 0.3) is 0 Å². The fourth-order valence-electron chi connectivity index (χ4n) is 2.05. The first-order valence-electron chi connectivity index (χ1n) is 5.95. The van der Waals surface area contributed by atoms with Crippen LogP contribution in [0.2, 0.25) is 0 Å². The Kier molecular flexibility index (Phi) is 6.26. The van der Waals surface area contributed by atoms with Crippen molar-refractivity contribution in [1.82, 2.24) is 4.90 Å². The van der Waals surface area contributed by atoms with Crippen molar-refractivity contribution in [2.45, 2.75) is 51.4 Å². The number of hydrogen-bond donors (Lipinski definition) is 0. The molecule has 1 aliphatic rings. The van der Waals surface area contributed by atoms with Gasteiger partial charge in [0.2, 0.25) is 0 Å². The second-order valence-electron chi connectivity index (χ2n) is 4.17. The fourth-order valence-corrected chi connectivity index (χ4v) is 2.05. The van der Waals surface area contributed by atoms with E-state index in [-0.39, 0.29) is 0 Å². The summed E-state index contributed by atoms with van der Waals surface area (Å²) in [6.45, 7) is 7.93. The molecule has 1 heteroatoms. The number of nitrogens with zero attached hydrogens (tertiary/aromatic N) is 1. The van der Waals surface area contributed by atoms with Crippen molar-refractivity contribution in [2.24, 2.45) is 0 Å². The minimum Gasteiger partial charge on any atom is -0.303 e. The van der Waals surface area contributed by atoms with E-state index in [0.717, 1.165) is 6.42 Å². The summed E-state index contributed by atoms with van der Waals surface area (Å²) in [4.78, 5) is 2.61. The third kappa shape index (κ3) is 5.30. The third-order valence-electron chi connectivity index (χ3n) is 2.92. The molecule has 1 heterocycles. The first kappa shape index (κ1) is 11.0. The lowest BCUT2D eigenvalue weighted by Crippen LogP contribution is -2.20. The minimum absolute atomic E-state index is 1.12. The first-order valence-corrected chi connectivity index (χ1v) is 5.95. The smallest absolute Gasteiger partial charge is 0.00183 e. The van der Waals surface area contributed by atoms with E-state index in [9.17, 15) is 0 Å². The Balaban J connectivity index is 1.78. The molecule has 0 saturated carbocycles. The molecule has 13 heavy (non-hydrogen) atoms. The van der Waals surface area contributed by atoms with E-state index in [1.165, 1.54) is 64.6 Å². The summed E-state index contributed by atoms with van der Waals surface area (Å²) in [5, 5.41) is 0. The van der Waals surface area contributed by atoms with Crippen LogP contribution in [0, 0.1) is 6.92 Å². The lowest BCUT2D eigenvalue weighted by Gasteiger charge is -2.13. The topological polar surface area (TPSA) is 3.24 Å². The SMILES string of the molecule is [CH2]CCCCCCCN1CCCC1. The molecule has 1 radical (unpaired) electrons. The van der Waals surface area contributed by atoms with Crippen molar-refractivity contribution in [3.05, 3.63) is 6.92 Å². The van der Waals surface area contributed by atoms with Gasteiger partial charge in [0.05, 0.1) is 0 Å². The van der Waals surface area contributed by atoms with Gasteiger partial charge in [0.1, 0.15) is 0 Å². The molecule has 1 fully saturated rings. The minimum atomic E-state index is 1.12. The van der Waals surface area contributed by atoms with E-state index in [0.29, 0.717) is 0 Å². The third-order valence-corrected chi connectivity index (χ3v) is 2.92. The van der Waals surface area contributed by atoms with Crippen molar-refractivity contribution < 1.29 is 0 Å². The van der Waals surface area contributed by atoms with Gasteiger partial charge in [0.25, 0.3) is 0 Å². The highest BCUT2D eigenvalue weighted by Crippen LogP contribution is 2.10. The van der Waals surface area contributed by atoms with Gasteiger partial charge in [0, 0.05) is 0 Å². The molecule has 0 bridgehead atoms.